The van der Waals surface area contributed by atoms with Gasteiger partial charge in [0.2, 0.25) is 0 Å². The molecule has 1 aromatic rings. The van der Waals surface area contributed by atoms with Crippen LogP contribution in [-0.2, 0) is 0 Å². The Balaban J connectivity index is 3.39. The first-order valence-corrected chi connectivity index (χ1v) is 3.45. The second-order valence-electron chi connectivity index (χ2n) is 2.31. The lowest BCUT2D eigenvalue weighted by molar-refractivity contribution is 0.111. The summed E-state index contributed by atoms with van der Waals surface area (Å²) in [4.78, 5) is 10.4. The maximum Gasteiger partial charge on any atom is 0.175 e. The third kappa shape index (κ3) is 1.64. The lowest BCUT2D eigenvalue weighted by atomic mass is 10.1. The first kappa shape index (κ1) is 9.20. The number of methoxy groups -OCH3 is 1. The highest BCUT2D eigenvalue weighted by molar-refractivity contribution is 5.77. The summed E-state index contributed by atoms with van der Waals surface area (Å²) in [5.41, 5.74) is 0.0243. The van der Waals surface area contributed by atoms with Gasteiger partial charge in [-0.3, -0.25) is 4.79 Å². The monoisotopic (exact) mass is 179 g/mol. The van der Waals surface area contributed by atoms with Gasteiger partial charge in [0, 0.05) is 6.07 Å². The van der Waals surface area contributed by atoms with Gasteiger partial charge in [0.15, 0.2) is 17.9 Å². The molecule has 0 saturated heterocycles. The van der Waals surface area contributed by atoms with Crippen molar-refractivity contribution in [2.24, 2.45) is 0 Å². The molecule has 0 heterocycles. The Bertz CT molecular complexity index is 382. The Morgan fingerprint density at radius 2 is 2.31 bits per heavy atom. The van der Waals surface area contributed by atoms with Crippen LogP contribution in [0.5, 0.6) is 5.75 Å². The van der Waals surface area contributed by atoms with Crippen LogP contribution in [0.4, 0.5) is 4.39 Å². The van der Waals surface area contributed by atoms with Gasteiger partial charge in [-0.2, -0.15) is 5.26 Å². The normalized spacial score (nSPS) is 9.00. The van der Waals surface area contributed by atoms with Crippen molar-refractivity contribution in [3.8, 4) is 11.8 Å². The van der Waals surface area contributed by atoms with Crippen molar-refractivity contribution in [1.29, 1.82) is 5.26 Å². The van der Waals surface area contributed by atoms with Gasteiger partial charge < -0.3 is 4.74 Å². The van der Waals surface area contributed by atoms with Crippen molar-refractivity contribution in [1.82, 2.24) is 0 Å². The number of carbonyl (C=O) groups excluding carboxylic acids is 1. The fraction of sp³-hybridized carbons (Fsp3) is 0.111. The molecule has 66 valence electrons. The Morgan fingerprint density at radius 1 is 1.62 bits per heavy atom. The minimum Gasteiger partial charge on any atom is -0.494 e. The Labute approximate surface area is 74.4 Å². The van der Waals surface area contributed by atoms with Gasteiger partial charge in [0.1, 0.15) is 0 Å². The molecule has 0 saturated carbocycles. The minimum atomic E-state index is -0.739. The highest BCUT2D eigenvalue weighted by Crippen LogP contribution is 2.21. The maximum atomic E-state index is 13.1. The molecule has 0 amide bonds. The van der Waals surface area contributed by atoms with Crippen molar-refractivity contribution in [3.05, 3.63) is 29.1 Å². The fourth-order valence-corrected chi connectivity index (χ4v) is 0.918. The standard InChI is InChI=1S/C9H6FNO2/c1-13-8-3-6(4-11)2-7(5-12)9(8)10/h2-3,5H,1H3. The van der Waals surface area contributed by atoms with Gasteiger partial charge in [0.25, 0.3) is 0 Å². The van der Waals surface area contributed by atoms with Crippen molar-refractivity contribution in [2.75, 3.05) is 7.11 Å². The number of halogens is 1. The number of hydrogen-bond acceptors (Lipinski definition) is 3. The van der Waals surface area contributed by atoms with Crippen LogP contribution in [-0.4, -0.2) is 13.4 Å². The third-order valence-corrected chi connectivity index (χ3v) is 1.54. The van der Waals surface area contributed by atoms with Crippen LogP contribution in [0.3, 0.4) is 0 Å². The van der Waals surface area contributed by atoms with E-state index in [2.05, 4.69) is 4.74 Å². The van der Waals surface area contributed by atoms with Crippen LogP contribution in [0, 0.1) is 17.1 Å². The van der Waals surface area contributed by atoms with Gasteiger partial charge in [-0.05, 0) is 6.07 Å². The molecular weight excluding hydrogens is 173 g/mol. The molecule has 0 aliphatic rings. The van der Waals surface area contributed by atoms with E-state index in [4.69, 9.17) is 5.26 Å². The van der Waals surface area contributed by atoms with Gasteiger partial charge in [-0.1, -0.05) is 0 Å². The third-order valence-electron chi connectivity index (χ3n) is 1.54. The molecule has 0 atom stereocenters. The number of aldehydes is 1. The molecule has 0 spiro atoms. The molecule has 0 fully saturated rings. The van der Waals surface area contributed by atoms with Gasteiger partial charge in [-0.25, -0.2) is 4.39 Å². The Morgan fingerprint density at radius 3 is 2.77 bits per heavy atom. The summed E-state index contributed by atoms with van der Waals surface area (Å²) in [5.74, 6) is -0.836. The van der Waals surface area contributed by atoms with Crippen molar-refractivity contribution in [3.63, 3.8) is 0 Å². The van der Waals surface area contributed by atoms with E-state index in [0.717, 1.165) is 0 Å². The number of hydrogen-bond donors (Lipinski definition) is 0. The number of ether oxygens (including phenoxy) is 1. The zero-order valence-electron chi connectivity index (χ0n) is 6.87. The van der Waals surface area contributed by atoms with E-state index in [1.54, 1.807) is 6.07 Å². The van der Waals surface area contributed by atoms with Gasteiger partial charge >= 0.3 is 0 Å². The lowest BCUT2D eigenvalue weighted by Crippen LogP contribution is -1.95. The molecule has 1 rings (SSSR count). The van der Waals surface area contributed by atoms with Crippen LogP contribution in [0.2, 0.25) is 0 Å². The van der Waals surface area contributed by atoms with Crippen LogP contribution in [0.1, 0.15) is 15.9 Å². The van der Waals surface area contributed by atoms with E-state index in [1.165, 1.54) is 19.2 Å². The molecule has 3 nitrogen and oxygen atoms in total. The molecular formula is C9H6FNO2. The largest absolute Gasteiger partial charge is 0.494 e. The summed E-state index contributed by atoms with van der Waals surface area (Å²) in [6.07, 6.45) is 0.346. The average molecular weight is 179 g/mol. The molecule has 0 aliphatic carbocycles. The molecule has 0 aromatic heterocycles. The zero-order valence-corrected chi connectivity index (χ0v) is 6.87. The van der Waals surface area contributed by atoms with E-state index in [9.17, 15) is 9.18 Å². The van der Waals surface area contributed by atoms with Crippen molar-refractivity contribution < 1.29 is 13.9 Å². The van der Waals surface area contributed by atoms with E-state index in [-0.39, 0.29) is 16.9 Å². The molecule has 0 bridgehead atoms. The highest BCUT2D eigenvalue weighted by Gasteiger charge is 2.10. The minimum absolute atomic E-state index is 0.0962. The van der Waals surface area contributed by atoms with Crippen LogP contribution in [0.15, 0.2) is 12.1 Å². The van der Waals surface area contributed by atoms with Crippen LogP contribution < -0.4 is 4.74 Å². The summed E-state index contributed by atoms with van der Waals surface area (Å²) in [6.45, 7) is 0. The molecule has 0 unspecified atom stereocenters. The summed E-state index contributed by atoms with van der Waals surface area (Å²) < 4.78 is 17.8. The zero-order chi connectivity index (χ0) is 9.84. The van der Waals surface area contributed by atoms with E-state index < -0.39 is 5.82 Å². The van der Waals surface area contributed by atoms with Gasteiger partial charge in [-0.15, -0.1) is 0 Å². The summed E-state index contributed by atoms with van der Waals surface area (Å²) in [5, 5.41) is 8.52. The predicted octanol–water partition coefficient (Wildman–Crippen LogP) is 1.52. The predicted molar refractivity (Wildman–Crippen MR) is 43.1 cm³/mol. The first-order valence-electron chi connectivity index (χ1n) is 3.45. The fourth-order valence-electron chi connectivity index (χ4n) is 0.918. The van der Waals surface area contributed by atoms with E-state index >= 15 is 0 Å². The number of nitriles is 1. The maximum absolute atomic E-state index is 13.1. The van der Waals surface area contributed by atoms with Crippen molar-refractivity contribution >= 4 is 6.29 Å². The first-order chi connectivity index (χ1) is 6.22. The highest BCUT2D eigenvalue weighted by atomic mass is 19.1. The van der Waals surface area contributed by atoms with E-state index in [1.807, 2.05) is 0 Å². The molecule has 0 aliphatic heterocycles. The number of carbonyl (C=O) groups is 1. The van der Waals surface area contributed by atoms with Crippen LogP contribution >= 0.6 is 0 Å². The molecule has 13 heavy (non-hydrogen) atoms. The smallest absolute Gasteiger partial charge is 0.175 e. The quantitative estimate of drug-likeness (QED) is 0.646. The lowest BCUT2D eigenvalue weighted by Gasteiger charge is -2.03. The van der Waals surface area contributed by atoms with Crippen molar-refractivity contribution in [2.45, 2.75) is 0 Å². The van der Waals surface area contributed by atoms with Crippen LogP contribution in [0.25, 0.3) is 0 Å². The second-order valence-corrected chi connectivity index (χ2v) is 2.31. The molecule has 0 radical (unpaired) electrons. The summed E-state index contributed by atoms with van der Waals surface area (Å²) >= 11 is 0. The molecule has 4 heteroatoms. The number of nitrogens with zero attached hydrogens (tertiary/aromatic N) is 1. The Kier molecular flexibility index (Phi) is 2.60. The Hall–Kier alpha value is -1.89. The number of rotatable bonds is 2. The summed E-state index contributed by atoms with van der Waals surface area (Å²) in [7, 11) is 1.27. The second kappa shape index (κ2) is 3.68. The average Bonchev–Trinajstić information content (AvgIpc) is 2.18. The topological polar surface area (TPSA) is 50.1 Å². The number of benzene rings is 1. The molecule has 0 N–H and O–H groups in total. The molecule has 1 aromatic carbocycles. The van der Waals surface area contributed by atoms with E-state index in [0.29, 0.717) is 6.29 Å². The van der Waals surface area contributed by atoms with Gasteiger partial charge in [0.05, 0.1) is 24.3 Å². The summed E-state index contributed by atoms with van der Waals surface area (Å²) in [6, 6.07) is 4.21. The SMILES string of the molecule is COc1cc(C#N)cc(C=O)c1F.